The Hall–Kier alpha value is -1.11. The SMILES string of the molecule is CCc1c(NN)ncnc1Sc1ccc(Br)cc1. The molecule has 0 fully saturated rings. The van der Waals surface area contributed by atoms with Crippen LogP contribution in [0.1, 0.15) is 12.5 Å². The molecule has 0 saturated carbocycles. The lowest BCUT2D eigenvalue weighted by Crippen LogP contribution is -2.12. The van der Waals surface area contributed by atoms with Crippen LogP contribution < -0.4 is 11.3 Å². The van der Waals surface area contributed by atoms with E-state index in [9.17, 15) is 0 Å². The van der Waals surface area contributed by atoms with E-state index in [1.54, 1.807) is 11.8 Å². The molecule has 4 nitrogen and oxygen atoms in total. The average molecular weight is 325 g/mol. The van der Waals surface area contributed by atoms with Crippen molar-refractivity contribution in [1.82, 2.24) is 9.97 Å². The third kappa shape index (κ3) is 3.01. The second kappa shape index (κ2) is 6.17. The van der Waals surface area contributed by atoms with E-state index in [4.69, 9.17) is 5.84 Å². The number of anilines is 1. The van der Waals surface area contributed by atoms with E-state index in [0.29, 0.717) is 5.82 Å². The fraction of sp³-hybridized carbons (Fsp3) is 0.167. The minimum atomic E-state index is 0.687. The minimum Gasteiger partial charge on any atom is -0.308 e. The van der Waals surface area contributed by atoms with Crippen molar-refractivity contribution in [3.05, 3.63) is 40.6 Å². The number of nitrogens with one attached hydrogen (secondary N) is 1. The molecule has 1 aromatic heterocycles. The standard InChI is InChI=1S/C12H13BrN4S/c1-2-10-11(17-14)15-7-16-12(10)18-9-5-3-8(13)4-6-9/h3-7H,2,14H2,1H3,(H,15,16,17). The number of rotatable bonds is 4. The topological polar surface area (TPSA) is 63.8 Å². The minimum absolute atomic E-state index is 0.687. The summed E-state index contributed by atoms with van der Waals surface area (Å²) in [5.41, 5.74) is 3.64. The van der Waals surface area contributed by atoms with Gasteiger partial charge in [-0.2, -0.15) is 0 Å². The van der Waals surface area contributed by atoms with Gasteiger partial charge in [-0.25, -0.2) is 15.8 Å². The highest BCUT2D eigenvalue weighted by atomic mass is 79.9. The molecule has 1 aromatic carbocycles. The van der Waals surface area contributed by atoms with E-state index in [1.165, 1.54) is 6.33 Å². The van der Waals surface area contributed by atoms with Crippen LogP contribution in [0.15, 0.2) is 45.0 Å². The van der Waals surface area contributed by atoms with Crippen molar-refractivity contribution >= 4 is 33.5 Å². The first-order valence-corrected chi connectivity index (χ1v) is 7.09. The highest BCUT2D eigenvalue weighted by Crippen LogP contribution is 2.31. The Balaban J connectivity index is 2.31. The summed E-state index contributed by atoms with van der Waals surface area (Å²) in [6.45, 7) is 2.06. The normalized spacial score (nSPS) is 10.4. The monoisotopic (exact) mass is 324 g/mol. The van der Waals surface area contributed by atoms with Gasteiger partial charge in [0.1, 0.15) is 17.2 Å². The third-order valence-corrected chi connectivity index (χ3v) is 4.01. The molecule has 0 aliphatic heterocycles. The number of nitrogen functional groups attached to an aromatic ring is 1. The summed E-state index contributed by atoms with van der Waals surface area (Å²) in [5, 5.41) is 0.933. The Morgan fingerprint density at radius 1 is 1.28 bits per heavy atom. The van der Waals surface area contributed by atoms with Crippen LogP contribution in [0.5, 0.6) is 0 Å². The Kier molecular flexibility index (Phi) is 4.57. The zero-order valence-electron chi connectivity index (χ0n) is 9.85. The van der Waals surface area contributed by atoms with Crippen molar-refractivity contribution in [2.75, 3.05) is 5.43 Å². The Bertz CT molecular complexity index is 530. The maximum atomic E-state index is 5.45. The number of hydrazine groups is 1. The number of hydrogen-bond acceptors (Lipinski definition) is 5. The second-order valence-electron chi connectivity index (χ2n) is 3.56. The van der Waals surface area contributed by atoms with Gasteiger partial charge in [-0.15, -0.1) is 0 Å². The predicted molar refractivity (Wildman–Crippen MR) is 77.5 cm³/mol. The number of nitrogens with two attached hydrogens (primary N) is 1. The van der Waals surface area contributed by atoms with Gasteiger partial charge in [-0.05, 0) is 30.7 Å². The number of hydrogen-bond donors (Lipinski definition) is 2. The summed E-state index contributed by atoms with van der Waals surface area (Å²) in [4.78, 5) is 9.57. The van der Waals surface area contributed by atoms with Gasteiger partial charge < -0.3 is 5.43 Å². The number of benzene rings is 1. The molecule has 0 aliphatic carbocycles. The molecule has 3 N–H and O–H groups in total. The van der Waals surface area contributed by atoms with E-state index in [-0.39, 0.29) is 0 Å². The molecular formula is C12H13BrN4S. The van der Waals surface area contributed by atoms with E-state index in [0.717, 1.165) is 26.4 Å². The average Bonchev–Trinajstić information content (AvgIpc) is 2.41. The highest BCUT2D eigenvalue weighted by molar-refractivity contribution is 9.10. The van der Waals surface area contributed by atoms with Crippen molar-refractivity contribution in [2.45, 2.75) is 23.3 Å². The molecule has 1 heterocycles. The van der Waals surface area contributed by atoms with Crippen LogP contribution in [0.2, 0.25) is 0 Å². The summed E-state index contributed by atoms with van der Waals surface area (Å²) in [6, 6.07) is 8.12. The maximum absolute atomic E-state index is 5.45. The molecule has 0 spiro atoms. The quantitative estimate of drug-likeness (QED) is 0.513. The lowest BCUT2D eigenvalue weighted by molar-refractivity contribution is 0.941. The largest absolute Gasteiger partial charge is 0.308 e. The Morgan fingerprint density at radius 3 is 2.61 bits per heavy atom. The van der Waals surface area contributed by atoms with E-state index in [1.807, 2.05) is 24.3 Å². The molecule has 18 heavy (non-hydrogen) atoms. The molecule has 0 saturated heterocycles. The van der Waals surface area contributed by atoms with Crippen LogP contribution in [0, 0.1) is 0 Å². The van der Waals surface area contributed by atoms with E-state index < -0.39 is 0 Å². The second-order valence-corrected chi connectivity index (χ2v) is 5.54. The lowest BCUT2D eigenvalue weighted by Gasteiger charge is -2.10. The zero-order chi connectivity index (χ0) is 13.0. The van der Waals surface area contributed by atoms with Gasteiger partial charge in [-0.3, -0.25) is 0 Å². The Morgan fingerprint density at radius 2 is 2.00 bits per heavy atom. The van der Waals surface area contributed by atoms with E-state index in [2.05, 4.69) is 38.2 Å². The summed E-state index contributed by atoms with van der Waals surface area (Å²) in [7, 11) is 0. The highest BCUT2D eigenvalue weighted by Gasteiger charge is 2.10. The summed E-state index contributed by atoms with van der Waals surface area (Å²) in [6.07, 6.45) is 2.36. The van der Waals surface area contributed by atoms with Crippen LogP contribution in [0.3, 0.4) is 0 Å². The van der Waals surface area contributed by atoms with Crippen LogP contribution in [0.25, 0.3) is 0 Å². The zero-order valence-corrected chi connectivity index (χ0v) is 12.3. The van der Waals surface area contributed by atoms with Crippen LogP contribution in [0.4, 0.5) is 5.82 Å². The summed E-state index contributed by atoms with van der Waals surface area (Å²) in [5.74, 6) is 6.14. The van der Waals surface area contributed by atoms with Gasteiger partial charge in [0.2, 0.25) is 0 Å². The predicted octanol–water partition coefficient (Wildman–Crippen LogP) is 3.24. The van der Waals surface area contributed by atoms with Crippen molar-refractivity contribution in [3.63, 3.8) is 0 Å². The lowest BCUT2D eigenvalue weighted by atomic mass is 10.2. The molecule has 2 aromatic rings. The van der Waals surface area contributed by atoms with Crippen molar-refractivity contribution in [3.8, 4) is 0 Å². The van der Waals surface area contributed by atoms with Gasteiger partial charge in [-0.1, -0.05) is 34.6 Å². The molecular weight excluding hydrogens is 312 g/mol. The molecule has 0 aliphatic rings. The van der Waals surface area contributed by atoms with Gasteiger partial charge >= 0.3 is 0 Å². The summed E-state index contributed by atoms with van der Waals surface area (Å²) < 4.78 is 1.06. The fourth-order valence-corrected chi connectivity index (χ4v) is 2.77. The molecule has 2 rings (SSSR count). The summed E-state index contributed by atoms with van der Waals surface area (Å²) >= 11 is 5.03. The molecule has 94 valence electrons. The van der Waals surface area contributed by atoms with Gasteiger partial charge in [0, 0.05) is 14.9 Å². The molecule has 0 amide bonds. The molecule has 0 atom stereocenters. The first kappa shape index (κ1) is 13.3. The molecule has 0 bridgehead atoms. The number of aromatic nitrogens is 2. The van der Waals surface area contributed by atoms with Crippen molar-refractivity contribution < 1.29 is 0 Å². The first-order valence-electron chi connectivity index (χ1n) is 5.48. The Labute approximate surface area is 119 Å². The fourth-order valence-electron chi connectivity index (χ4n) is 1.54. The molecule has 0 radical (unpaired) electrons. The number of nitrogens with zero attached hydrogens (tertiary/aromatic N) is 2. The third-order valence-electron chi connectivity index (χ3n) is 2.42. The van der Waals surface area contributed by atoms with Crippen LogP contribution in [-0.4, -0.2) is 9.97 Å². The molecule has 6 heteroatoms. The van der Waals surface area contributed by atoms with Crippen molar-refractivity contribution in [2.24, 2.45) is 5.84 Å². The smallest absolute Gasteiger partial charge is 0.147 e. The number of halogens is 1. The van der Waals surface area contributed by atoms with Crippen LogP contribution in [-0.2, 0) is 6.42 Å². The first-order chi connectivity index (χ1) is 8.74. The van der Waals surface area contributed by atoms with Crippen molar-refractivity contribution in [1.29, 1.82) is 0 Å². The maximum Gasteiger partial charge on any atom is 0.147 e. The van der Waals surface area contributed by atoms with Crippen LogP contribution >= 0.6 is 27.7 Å². The van der Waals surface area contributed by atoms with E-state index >= 15 is 0 Å². The molecule has 0 unspecified atom stereocenters. The van der Waals surface area contributed by atoms with Gasteiger partial charge in [0.05, 0.1) is 0 Å². The van der Waals surface area contributed by atoms with Gasteiger partial charge in [0.15, 0.2) is 0 Å². The van der Waals surface area contributed by atoms with Gasteiger partial charge in [0.25, 0.3) is 0 Å².